The van der Waals surface area contributed by atoms with E-state index in [0.717, 1.165) is 17.9 Å². The molecule has 0 aliphatic rings. The van der Waals surface area contributed by atoms with Gasteiger partial charge in [0, 0.05) is 31.9 Å². The van der Waals surface area contributed by atoms with Gasteiger partial charge in [0.2, 0.25) is 5.91 Å². The molecule has 2 aromatic heterocycles. The highest BCUT2D eigenvalue weighted by Crippen LogP contribution is 2.08. The van der Waals surface area contributed by atoms with Gasteiger partial charge in [-0.15, -0.1) is 0 Å². The second kappa shape index (κ2) is 5.03. The van der Waals surface area contributed by atoms with Crippen LogP contribution in [0, 0.1) is 6.92 Å². The van der Waals surface area contributed by atoms with Crippen LogP contribution >= 0.6 is 0 Å². The maximum atomic E-state index is 11.9. The number of aromatic nitrogens is 4. The van der Waals surface area contributed by atoms with E-state index in [0.29, 0.717) is 5.82 Å². The third-order valence-electron chi connectivity index (χ3n) is 2.70. The van der Waals surface area contributed by atoms with Gasteiger partial charge in [-0.1, -0.05) is 6.92 Å². The standard InChI is InChI=1S/C12H17N5O/c1-4-10-13-5-6-17(10)8-12(18)14-11-7-9(2)15-16(11)3/h5-7H,4,8H2,1-3H3,(H,14,18). The van der Waals surface area contributed by atoms with Crippen LogP contribution in [0.1, 0.15) is 18.4 Å². The maximum Gasteiger partial charge on any atom is 0.245 e. The average molecular weight is 247 g/mol. The number of amides is 1. The van der Waals surface area contributed by atoms with Crippen molar-refractivity contribution in [2.75, 3.05) is 5.32 Å². The first-order chi connectivity index (χ1) is 8.60. The van der Waals surface area contributed by atoms with Crippen LogP contribution in [0.5, 0.6) is 0 Å². The molecule has 0 spiro atoms. The number of hydrogen-bond donors (Lipinski definition) is 1. The molecule has 18 heavy (non-hydrogen) atoms. The molecule has 0 atom stereocenters. The lowest BCUT2D eigenvalue weighted by Crippen LogP contribution is -2.21. The first-order valence-electron chi connectivity index (χ1n) is 5.90. The summed E-state index contributed by atoms with van der Waals surface area (Å²) in [4.78, 5) is 16.1. The Bertz CT molecular complexity index is 555. The van der Waals surface area contributed by atoms with Crippen molar-refractivity contribution in [2.24, 2.45) is 7.05 Å². The molecule has 1 N–H and O–H groups in total. The van der Waals surface area contributed by atoms with E-state index in [1.165, 1.54) is 0 Å². The quantitative estimate of drug-likeness (QED) is 0.880. The Morgan fingerprint density at radius 1 is 1.50 bits per heavy atom. The van der Waals surface area contributed by atoms with Gasteiger partial charge in [-0.2, -0.15) is 5.10 Å². The van der Waals surface area contributed by atoms with Gasteiger partial charge in [0.1, 0.15) is 18.2 Å². The summed E-state index contributed by atoms with van der Waals surface area (Å²) < 4.78 is 3.50. The van der Waals surface area contributed by atoms with E-state index in [9.17, 15) is 4.79 Å². The van der Waals surface area contributed by atoms with Crippen molar-refractivity contribution in [3.63, 3.8) is 0 Å². The number of hydrogen-bond acceptors (Lipinski definition) is 3. The van der Waals surface area contributed by atoms with Crippen molar-refractivity contribution in [1.29, 1.82) is 0 Å². The topological polar surface area (TPSA) is 64.7 Å². The van der Waals surface area contributed by atoms with Crippen molar-refractivity contribution in [1.82, 2.24) is 19.3 Å². The molecule has 0 saturated carbocycles. The number of rotatable bonds is 4. The van der Waals surface area contributed by atoms with Crippen LogP contribution in [-0.2, 0) is 24.8 Å². The third-order valence-corrected chi connectivity index (χ3v) is 2.70. The lowest BCUT2D eigenvalue weighted by atomic mass is 10.4. The van der Waals surface area contributed by atoms with Gasteiger partial charge in [-0.25, -0.2) is 4.98 Å². The minimum absolute atomic E-state index is 0.0781. The summed E-state index contributed by atoms with van der Waals surface area (Å²) in [5.74, 6) is 1.53. The highest BCUT2D eigenvalue weighted by atomic mass is 16.2. The maximum absolute atomic E-state index is 11.9. The molecule has 96 valence electrons. The fourth-order valence-corrected chi connectivity index (χ4v) is 1.86. The molecule has 6 heteroatoms. The number of carbonyl (C=O) groups excluding carboxylic acids is 1. The van der Waals surface area contributed by atoms with E-state index >= 15 is 0 Å². The number of aryl methyl sites for hydroxylation is 3. The predicted molar refractivity (Wildman–Crippen MR) is 68.2 cm³/mol. The molecule has 0 fully saturated rings. The van der Waals surface area contributed by atoms with Crippen molar-refractivity contribution in [3.8, 4) is 0 Å². The minimum atomic E-state index is -0.0781. The SMILES string of the molecule is CCc1nccn1CC(=O)Nc1cc(C)nn1C. The zero-order chi connectivity index (χ0) is 13.1. The fraction of sp³-hybridized carbons (Fsp3) is 0.417. The molecule has 0 aliphatic carbocycles. The number of nitrogens with zero attached hydrogens (tertiary/aromatic N) is 4. The van der Waals surface area contributed by atoms with Crippen LogP contribution in [0.4, 0.5) is 5.82 Å². The van der Waals surface area contributed by atoms with E-state index in [1.807, 2.05) is 30.7 Å². The molecule has 2 heterocycles. The molecule has 0 bridgehead atoms. The smallest absolute Gasteiger partial charge is 0.245 e. The largest absolute Gasteiger partial charge is 0.326 e. The van der Waals surface area contributed by atoms with E-state index in [2.05, 4.69) is 15.4 Å². The molecule has 0 aromatic carbocycles. The Labute approximate surface area is 106 Å². The van der Waals surface area contributed by atoms with Gasteiger partial charge in [0.05, 0.1) is 5.69 Å². The summed E-state index contributed by atoms with van der Waals surface area (Å²) in [6.45, 7) is 4.18. The van der Waals surface area contributed by atoms with E-state index in [1.54, 1.807) is 17.9 Å². The highest BCUT2D eigenvalue weighted by molar-refractivity contribution is 5.89. The Kier molecular flexibility index (Phi) is 3.45. The molecule has 1 amide bonds. The summed E-state index contributed by atoms with van der Waals surface area (Å²) in [6.07, 6.45) is 4.33. The normalized spacial score (nSPS) is 10.6. The molecular formula is C12H17N5O. The molecule has 0 saturated heterocycles. The lowest BCUT2D eigenvalue weighted by Gasteiger charge is -2.07. The molecule has 0 unspecified atom stereocenters. The van der Waals surface area contributed by atoms with Crippen LogP contribution in [-0.4, -0.2) is 25.2 Å². The molecule has 0 aliphatic heterocycles. The summed E-state index contributed by atoms with van der Waals surface area (Å²) in [6, 6.07) is 1.84. The van der Waals surface area contributed by atoms with Crippen LogP contribution in [0.25, 0.3) is 0 Å². The monoisotopic (exact) mass is 247 g/mol. The van der Waals surface area contributed by atoms with Crippen LogP contribution < -0.4 is 5.32 Å². The summed E-state index contributed by atoms with van der Waals surface area (Å²) in [5.41, 5.74) is 0.879. The van der Waals surface area contributed by atoms with Crippen LogP contribution in [0.15, 0.2) is 18.5 Å². The predicted octanol–water partition coefficient (Wildman–Crippen LogP) is 1.13. The summed E-state index contributed by atoms with van der Waals surface area (Å²) in [7, 11) is 1.80. The van der Waals surface area contributed by atoms with Gasteiger partial charge >= 0.3 is 0 Å². The first-order valence-corrected chi connectivity index (χ1v) is 5.90. The Morgan fingerprint density at radius 2 is 2.28 bits per heavy atom. The van der Waals surface area contributed by atoms with Gasteiger partial charge in [-0.05, 0) is 6.92 Å². The van der Waals surface area contributed by atoms with Gasteiger partial charge in [0.25, 0.3) is 0 Å². The van der Waals surface area contributed by atoms with Gasteiger partial charge < -0.3 is 9.88 Å². The molecular weight excluding hydrogens is 230 g/mol. The van der Waals surface area contributed by atoms with Crippen molar-refractivity contribution in [3.05, 3.63) is 30.0 Å². The number of anilines is 1. The zero-order valence-corrected chi connectivity index (χ0v) is 10.8. The Morgan fingerprint density at radius 3 is 2.89 bits per heavy atom. The van der Waals surface area contributed by atoms with Crippen LogP contribution in [0.3, 0.4) is 0 Å². The Balaban J connectivity index is 2.03. The number of nitrogens with one attached hydrogen (secondary N) is 1. The van der Waals surface area contributed by atoms with Gasteiger partial charge in [-0.3, -0.25) is 9.48 Å². The molecule has 6 nitrogen and oxygen atoms in total. The zero-order valence-electron chi connectivity index (χ0n) is 10.8. The lowest BCUT2D eigenvalue weighted by molar-refractivity contribution is -0.116. The van der Waals surface area contributed by atoms with Crippen molar-refractivity contribution < 1.29 is 4.79 Å². The van der Waals surface area contributed by atoms with E-state index in [-0.39, 0.29) is 12.5 Å². The number of carbonyl (C=O) groups is 1. The van der Waals surface area contributed by atoms with E-state index in [4.69, 9.17) is 0 Å². The molecule has 0 radical (unpaired) electrons. The second-order valence-corrected chi connectivity index (χ2v) is 4.17. The minimum Gasteiger partial charge on any atom is -0.326 e. The van der Waals surface area contributed by atoms with Crippen molar-refractivity contribution >= 4 is 11.7 Å². The highest BCUT2D eigenvalue weighted by Gasteiger charge is 2.09. The second-order valence-electron chi connectivity index (χ2n) is 4.17. The molecule has 2 rings (SSSR count). The average Bonchev–Trinajstić information content (AvgIpc) is 2.86. The fourth-order valence-electron chi connectivity index (χ4n) is 1.86. The Hall–Kier alpha value is -2.11. The number of imidazole rings is 1. The van der Waals surface area contributed by atoms with E-state index < -0.39 is 0 Å². The molecule has 2 aromatic rings. The van der Waals surface area contributed by atoms with Crippen LogP contribution in [0.2, 0.25) is 0 Å². The van der Waals surface area contributed by atoms with Gasteiger partial charge in [0.15, 0.2) is 0 Å². The van der Waals surface area contributed by atoms with Crippen molar-refractivity contribution in [2.45, 2.75) is 26.8 Å². The summed E-state index contributed by atoms with van der Waals surface area (Å²) >= 11 is 0. The first kappa shape index (κ1) is 12.3. The summed E-state index contributed by atoms with van der Waals surface area (Å²) in [5, 5.41) is 7.01. The third kappa shape index (κ3) is 2.58.